The maximum Gasteiger partial charge on any atom is 0.264 e. The Hall–Kier alpha value is -4.34. The van der Waals surface area contributed by atoms with E-state index in [2.05, 4.69) is 5.32 Å². The quantitative estimate of drug-likeness (QED) is 0.132. The molecule has 0 spiro atoms. The Balaban J connectivity index is 1.83. The zero-order chi connectivity index (χ0) is 33.8. The molecule has 1 atom stereocenters. The molecule has 1 N–H and O–H groups in total. The van der Waals surface area contributed by atoms with Gasteiger partial charge in [-0.1, -0.05) is 103 Å². The summed E-state index contributed by atoms with van der Waals surface area (Å²) in [6.45, 7) is 5.85. The van der Waals surface area contributed by atoms with Crippen LogP contribution in [0.5, 0.6) is 5.75 Å². The number of aryl methyl sites for hydroxylation is 1. The summed E-state index contributed by atoms with van der Waals surface area (Å²) < 4.78 is 35.6. The Morgan fingerprint density at radius 1 is 0.872 bits per heavy atom. The fraction of sp³-hybridized carbons (Fsp3) is 0.297. The van der Waals surface area contributed by atoms with Gasteiger partial charge in [-0.3, -0.25) is 13.9 Å². The maximum atomic E-state index is 14.7. The third-order valence-electron chi connectivity index (χ3n) is 7.72. The standard InChI is InChI=1S/C37H42ClN3O5S/c1-4-6-24-39-37(43)34(25-29-14-8-7-9-15-29)40(26-30-16-10-11-17-32(30)38)36(42)27-41(33-18-12-13-19-35(33)46-5-2)47(44,45)31-22-20-28(3)21-23-31/h7-23,34H,4-6,24-27H2,1-3H3,(H,39,43)/t34-/m0/s1. The molecule has 2 amide bonds. The van der Waals surface area contributed by atoms with Crippen molar-refractivity contribution < 1.29 is 22.7 Å². The Morgan fingerprint density at radius 2 is 1.53 bits per heavy atom. The molecule has 0 aromatic heterocycles. The summed E-state index contributed by atoms with van der Waals surface area (Å²) >= 11 is 6.58. The topological polar surface area (TPSA) is 96.0 Å². The number of halogens is 1. The minimum absolute atomic E-state index is 0.0112. The van der Waals surface area contributed by atoms with Crippen molar-refractivity contribution in [1.29, 1.82) is 0 Å². The van der Waals surface area contributed by atoms with Gasteiger partial charge in [-0.2, -0.15) is 0 Å². The Labute approximate surface area is 283 Å². The third kappa shape index (κ3) is 9.36. The molecule has 248 valence electrons. The molecule has 0 bridgehead atoms. The van der Waals surface area contributed by atoms with Gasteiger partial charge < -0.3 is 15.0 Å². The molecule has 4 rings (SSSR count). The number of anilines is 1. The van der Waals surface area contributed by atoms with Gasteiger partial charge in [0.1, 0.15) is 18.3 Å². The second kappa shape index (κ2) is 17.0. The van der Waals surface area contributed by atoms with Gasteiger partial charge in [0.05, 0.1) is 17.2 Å². The minimum Gasteiger partial charge on any atom is -0.492 e. The van der Waals surface area contributed by atoms with Crippen molar-refractivity contribution in [3.8, 4) is 5.75 Å². The predicted molar refractivity (Wildman–Crippen MR) is 187 cm³/mol. The molecule has 4 aromatic rings. The first-order chi connectivity index (χ1) is 22.6. The molecule has 0 heterocycles. The van der Waals surface area contributed by atoms with Crippen LogP contribution in [0.3, 0.4) is 0 Å². The first-order valence-corrected chi connectivity index (χ1v) is 17.6. The molecule has 0 saturated heterocycles. The second-order valence-corrected chi connectivity index (χ2v) is 13.5. The summed E-state index contributed by atoms with van der Waals surface area (Å²) in [5, 5.41) is 3.43. The largest absolute Gasteiger partial charge is 0.492 e. The molecule has 10 heteroatoms. The van der Waals surface area contributed by atoms with Crippen LogP contribution in [0.25, 0.3) is 0 Å². The molecule has 8 nitrogen and oxygen atoms in total. The van der Waals surface area contributed by atoms with Crippen LogP contribution in [0.1, 0.15) is 43.4 Å². The van der Waals surface area contributed by atoms with E-state index in [1.165, 1.54) is 17.0 Å². The van der Waals surface area contributed by atoms with Gasteiger partial charge in [-0.15, -0.1) is 0 Å². The first kappa shape index (κ1) is 35.5. The van der Waals surface area contributed by atoms with Crippen molar-refractivity contribution >= 4 is 39.1 Å². The monoisotopic (exact) mass is 675 g/mol. The van der Waals surface area contributed by atoms with Gasteiger partial charge in [-0.05, 0) is 61.7 Å². The molecule has 0 aliphatic carbocycles. The number of benzene rings is 4. The fourth-order valence-electron chi connectivity index (χ4n) is 5.16. The van der Waals surface area contributed by atoms with Crippen molar-refractivity contribution in [2.24, 2.45) is 0 Å². The van der Waals surface area contributed by atoms with Crippen molar-refractivity contribution in [3.63, 3.8) is 0 Å². The molecule has 47 heavy (non-hydrogen) atoms. The highest BCUT2D eigenvalue weighted by molar-refractivity contribution is 7.92. The highest BCUT2D eigenvalue weighted by Crippen LogP contribution is 2.33. The van der Waals surface area contributed by atoms with E-state index in [9.17, 15) is 18.0 Å². The van der Waals surface area contributed by atoms with E-state index in [1.807, 2.05) is 50.2 Å². The van der Waals surface area contributed by atoms with Crippen LogP contribution in [0.4, 0.5) is 5.69 Å². The van der Waals surface area contributed by atoms with Crippen molar-refractivity contribution in [2.75, 3.05) is 24.0 Å². The lowest BCUT2D eigenvalue weighted by Crippen LogP contribution is -2.53. The summed E-state index contributed by atoms with van der Waals surface area (Å²) in [7, 11) is -4.26. The number of nitrogens with zero attached hydrogens (tertiary/aromatic N) is 2. The Kier molecular flexibility index (Phi) is 12.8. The van der Waals surface area contributed by atoms with Crippen molar-refractivity contribution in [1.82, 2.24) is 10.2 Å². The highest BCUT2D eigenvalue weighted by atomic mass is 35.5. The zero-order valence-corrected chi connectivity index (χ0v) is 28.6. The van der Waals surface area contributed by atoms with Crippen molar-refractivity contribution in [2.45, 2.75) is 57.5 Å². The average Bonchev–Trinajstić information content (AvgIpc) is 3.07. The van der Waals surface area contributed by atoms with Crippen LogP contribution in [-0.4, -0.2) is 50.9 Å². The molecule has 0 saturated carbocycles. The number of ether oxygens (including phenoxy) is 1. The van der Waals surface area contributed by atoms with Crippen LogP contribution in [0.2, 0.25) is 5.02 Å². The number of para-hydroxylation sites is 2. The predicted octanol–water partition coefficient (Wildman–Crippen LogP) is 6.80. The van der Waals surface area contributed by atoms with E-state index in [4.69, 9.17) is 16.3 Å². The normalized spacial score (nSPS) is 11.8. The summed E-state index contributed by atoms with van der Waals surface area (Å²) in [5.74, 6) is -0.585. The number of rotatable bonds is 16. The molecule has 0 aliphatic rings. The van der Waals surface area contributed by atoms with Crippen LogP contribution < -0.4 is 14.4 Å². The van der Waals surface area contributed by atoms with Gasteiger partial charge in [0, 0.05) is 24.5 Å². The second-order valence-electron chi connectivity index (χ2n) is 11.2. The van der Waals surface area contributed by atoms with Crippen LogP contribution in [0.15, 0.2) is 108 Å². The van der Waals surface area contributed by atoms with Crippen LogP contribution in [-0.2, 0) is 32.6 Å². The molecular weight excluding hydrogens is 634 g/mol. The minimum atomic E-state index is -4.26. The summed E-state index contributed by atoms with van der Waals surface area (Å²) in [5.41, 5.74) is 2.59. The SMILES string of the molecule is CCCCNC(=O)[C@H](Cc1ccccc1)N(Cc1ccccc1Cl)C(=O)CN(c1ccccc1OCC)S(=O)(=O)c1ccc(C)cc1. The number of sulfonamides is 1. The maximum absolute atomic E-state index is 14.7. The van der Waals surface area contributed by atoms with Gasteiger partial charge >= 0.3 is 0 Å². The molecule has 0 aliphatic heterocycles. The Morgan fingerprint density at radius 3 is 2.21 bits per heavy atom. The molecule has 4 aromatic carbocycles. The summed E-state index contributed by atoms with van der Waals surface area (Å²) in [6.07, 6.45) is 1.88. The molecule has 0 unspecified atom stereocenters. The van der Waals surface area contributed by atoms with E-state index in [0.29, 0.717) is 29.5 Å². The first-order valence-electron chi connectivity index (χ1n) is 15.8. The van der Waals surface area contributed by atoms with E-state index in [0.717, 1.165) is 28.3 Å². The van der Waals surface area contributed by atoms with E-state index in [1.54, 1.807) is 61.5 Å². The lowest BCUT2D eigenvalue weighted by Gasteiger charge is -2.34. The molecule has 0 fully saturated rings. The van der Waals surface area contributed by atoms with Crippen molar-refractivity contribution in [3.05, 3.63) is 125 Å². The third-order valence-corrected chi connectivity index (χ3v) is 9.86. The Bertz CT molecular complexity index is 1730. The van der Waals surface area contributed by atoms with Gasteiger partial charge in [0.2, 0.25) is 11.8 Å². The summed E-state index contributed by atoms with van der Waals surface area (Å²) in [6, 6.07) is 28.8. The van der Waals surface area contributed by atoms with Crippen LogP contribution in [0, 0.1) is 6.92 Å². The average molecular weight is 676 g/mol. The lowest BCUT2D eigenvalue weighted by atomic mass is 10.0. The number of hydrogen-bond donors (Lipinski definition) is 1. The van der Waals surface area contributed by atoms with Gasteiger partial charge in [-0.25, -0.2) is 8.42 Å². The number of amides is 2. The number of unbranched alkanes of at least 4 members (excludes halogenated alkanes) is 1. The zero-order valence-electron chi connectivity index (χ0n) is 27.1. The molecule has 0 radical (unpaired) electrons. The number of hydrogen-bond acceptors (Lipinski definition) is 5. The lowest BCUT2D eigenvalue weighted by molar-refractivity contribution is -0.140. The smallest absolute Gasteiger partial charge is 0.264 e. The van der Waals surface area contributed by atoms with Crippen LogP contribution >= 0.6 is 11.6 Å². The van der Waals surface area contributed by atoms with E-state index in [-0.39, 0.29) is 29.5 Å². The van der Waals surface area contributed by atoms with Gasteiger partial charge in [0.25, 0.3) is 10.0 Å². The summed E-state index contributed by atoms with van der Waals surface area (Å²) in [4.78, 5) is 30.0. The van der Waals surface area contributed by atoms with E-state index < -0.39 is 28.5 Å². The van der Waals surface area contributed by atoms with Gasteiger partial charge in [0.15, 0.2) is 0 Å². The number of nitrogens with one attached hydrogen (secondary N) is 1. The number of carbonyl (C=O) groups excluding carboxylic acids is 2. The number of carbonyl (C=O) groups is 2. The molecular formula is C37H42ClN3O5S. The highest BCUT2D eigenvalue weighted by Gasteiger charge is 2.35. The van der Waals surface area contributed by atoms with E-state index >= 15 is 0 Å². The fourth-order valence-corrected chi connectivity index (χ4v) is 6.78.